The Morgan fingerprint density at radius 1 is 1.18 bits per heavy atom. The minimum absolute atomic E-state index is 0.205. The van der Waals surface area contributed by atoms with E-state index < -0.39 is 22.1 Å². The normalized spacial score (nSPS) is 11.0. The van der Waals surface area contributed by atoms with E-state index in [9.17, 15) is 19.3 Å². The lowest BCUT2D eigenvalue weighted by molar-refractivity contribution is -0.384. The predicted octanol–water partition coefficient (Wildman–Crippen LogP) is 3.65. The third-order valence-corrected chi connectivity index (χ3v) is 3.47. The van der Waals surface area contributed by atoms with Gasteiger partial charge in [0.2, 0.25) is 5.91 Å². The van der Waals surface area contributed by atoms with Gasteiger partial charge in [0.25, 0.3) is 5.69 Å². The van der Waals surface area contributed by atoms with Crippen molar-refractivity contribution < 1.29 is 14.1 Å². The number of nitrogens with zero attached hydrogens (tertiary/aromatic N) is 1. The van der Waals surface area contributed by atoms with E-state index in [4.69, 9.17) is 0 Å². The maximum Gasteiger partial charge on any atom is 0.271 e. The van der Waals surface area contributed by atoms with Crippen molar-refractivity contribution >= 4 is 17.3 Å². The van der Waals surface area contributed by atoms with E-state index in [0.29, 0.717) is 0 Å². The predicted molar refractivity (Wildman–Crippen MR) is 81.2 cm³/mol. The first-order chi connectivity index (χ1) is 10.3. The number of benzene rings is 2. The summed E-state index contributed by atoms with van der Waals surface area (Å²) < 4.78 is 13.7. The van der Waals surface area contributed by atoms with E-state index in [1.54, 1.807) is 38.1 Å². The van der Waals surface area contributed by atoms with E-state index in [1.165, 1.54) is 0 Å². The van der Waals surface area contributed by atoms with E-state index in [1.807, 2.05) is 6.07 Å². The second kappa shape index (κ2) is 5.93. The standard InChI is InChI=1S/C16H15FN2O3/c1-16(2,11-6-4-3-5-7-11)15(20)18-14-10-12(19(21)22)8-9-13(14)17/h3-10H,1-2H3,(H,18,20). The molecule has 22 heavy (non-hydrogen) atoms. The minimum Gasteiger partial charge on any atom is -0.323 e. The topological polar surface area (TPSA) is 72.2 Å². The van der Waals surface area contributed by atoms with Crippen LogP contribution in [0.15, 0.2) is 48.5 Å². The number of nitro groups is 1. The maximum absolute atomic E-state index is 13.7. The van der Waals surface area contributed by atoms with Crippen molar-refractivity contribution in [2.24, 2.45) is 0 Å². The summed E-state index contributed by atoms with van der Waals surface area (Å²) in [4.78, 5) is 22.5. The quantitative estimate of drug-likeness (QED) is 0.692. The summed E-state index contributed by atoms with van der Waals surface area (Å²) in [7, 11) is 0. The molecule has 5 nitrogen and oxygen atoms in total. The fraction of sp³-hybridized carbons (Fsp3) is 0.188. The molecule has 0 aliphatic rings. The average Bonchev–Trinajstić information content (AvgIpc) is 2.50. The first-order valence-corrected chi connectivity index (χ1v) is 6.63. The van der Waals surface area contributed by atoms with Gasteiger partial charge in [0.15, 0.2) is 0 Å². The Morgan fingerprint density at radius 3 is 2.41 bits per heavy atom. The number of amides is 1. The van der Waals surface area contributed by atoms with E-state index in [2.05, 4.69) is 5.32 Å². The highest BCUT2D eigenvalue weighted by Gasteiger charge is 2.30. The van der Waals surface area contributed by atoms with Crippen molar-refractivity contribution in [3.63, 3.8) is 0 Å². The Hall–Kier alpha value is -2.76. The summed E-state index contributed by atoms with van der Waals surface area (Å²) in [6.45, 7) is 3.40. The van der Waals surface area contributed by atoms with Crippen LogP contribution >= 0.6 is 0 Å². The van der Waals surface area contributed by atoms with Gasteiger partial charge in [-0.2, -0.15) is 0 Å². The molecule has 0 unspecified atom stereocenters. The van der Waals surface area contributed by atoms with E-state index in [0.717, 1.165) is 23.8 Å². The molecule has 0 bridgehead atoms. The van der Waals surface area contributed by atoms with Gasteiger partial charge in [-0.25, -0.2) is 4.39 Å². The number of non-ortho nitro benzene ring substituents is 1. The third kappa shape index (κ3) is 3.11. The number of rotatable bonds is 4. The van der Waals surface area contributed by atoms with Gasteiger partial charge >= 0.3 is 0 Å². The van der Waals surface area contributed by atoms with Crippen LogP contribution < -0.4 is 5.32 Å². The van der Waals surface area contributed by atoms with Gasteiger partial charge < -0.3 is 5.32 Å². The Labute approximate surface area is 126 Å². The first-order valence-electron chi connectivity index (χ1n) is 6.63. The van der Waals surface area contributed by atoms with Gasteiger partial charge in [0, 0.05) is 12.1 Å². The molecule has 0 fully saturated rings. The lowest BCUT2D eigenvalue weighted by Gasteiger charge is -2.24. The molecule has 1 N–H and O–H groups in total. The number of hydrogen-bond acceptors (Lipinski definition) is 3. The Kier molecular flexibility index (Phi) is 4.21. The minimum atomic E-state index is -0.904. The van der Waals surface area contributed by atoms with Crippen LogP contribution in [0.2, 0.25) is 0 Å². The molecule has 6 heteroatoms. The van der Waals surface area contributed by atoms with Gasteiger partial charge in [0.05, 0.1) is 16.0 Å². The monoisotopic (exact) mass is 302 g/mol. The van der Waals surface area contributed by atoms with Crippen molar-refractivity contribution in [3.05, 3.63) is 70.0 Å². The second-order valence-electron chi connectivity index (χ2n) is 5.37. The second-order valence-corrected chi connectivity index (χ2v) is 5.37. The summed E-state index contributed by atoms with van der Waals surface area (Å²) in [5.41, 5.74) is -0.631. The zero-order valence-electron chi connectivity index (χ0n) is 12.2. The van der Waals surface area contributed by atoms with Crippen molar-refractivity contribution in [1.29, 1.82) is 0 Å². The summed E-state index contributed by atoms with van der Waals surface area (Å²) in [6, 6.07) is 12.0. The van der Waals surface area contributed by atoms with Crippen molar-refractivity contribution in [1.82, 2.24) is 0 Å². The average molecular weight is 302 g/mol. The Morgan fingerprint density at radius 2 is 1.82 bits per heavy atom. The molecule has 0 aliphatic carbocycles. The lowest BCUT2D eigenvalue weighted by Crippen LogP contribution is -2.35. The van der Waals surface area contributed by atoms with Crippen LogP contribution in [0.1, 0.15) is 19.4 Å². The van der Waals surface area contributed by atoms with Gasteiger partial charge in [0.1, 0.15) is 5.82 Å². The van der Waals surface area contributed by atoms with Crippen LogP contribution in [-0.4, -0.2) is 10.8 Å². The van der Waals surface area contributed by atoms with Crippen molar-refractivity contribution in [3.8, 4) is 0 Å². The summed E-state index contributed by atoms with van der Waals surface area (Å²) >= 11 is 0. The van der Waals surface area contributed by atoms with Crippen LogP contribution in [-0.2, 0) is 10.2 Å². The molecule has 0 saturated carbocycles. The molecule has 0 aromatic heterocycles. The van der Waals surface area contributed by atoms with E-state index >= 15 is 0 Å². The highest BCUT2D eigenvalue weighted by Crippen LogP contribution is 2.27. The summed E-state index contributed by atoms with van der Waals surface area (Å²) in [6.07, 6.45) is 0. The number of carbonyl (C=O) groups excluding carboxylic acids is 1. The lowest BCUT2D eigenvalue weighted by atomic mass is 9.83. The zero-order chi connectivity index (χ0) is 16.3. The first kappa shape index (κ1) is 15.6. The molecule has 2 rings (SSSR count). The molecular formula is C16H15FN2O3. The van der Waals surface area contributed by atoms with Gasteiger partial charge in [-0.15, -0.1) is 0 Å². The fourth-order valence-electron chi connectivity index (χ4n) is 1.99. The molecule has 2 aromatic rings. The van der Waals surface area contributed by atoms with E-state index in [-0.39, 0.29) is 11.4 Å². The maximum atomic E-state index is 13.7. The number of hydrogen-bond donors (Lipinski definition) is 1. The third-order valence-electron chi connectivity index (χ3n) is 3.47. The number of carbonyl (C=O) groups is 1. The highest BCUT2D eigenvalue weighted by atomic mass is 19.1. The largest absolute Gasteiger partial charge is 0.323 e. The fourth-order valence-corrected chi connectivity index (χ4v) is 1.99. The van der Waals surface area contributed by atoms with Gasteiger partial charge in [-0.1, -0.05) is 30.3 Å². The SMILES string of the molecule is CC(C)(C(=O)Nc1cc([N+](=O)[O-])ccc1F)c1ccccc1. The highest BCUT2D eigenvalue weighted by molar-refractivity contribution is 5.98. The molecule has 0 radical (unpaired) electrons. The molecule has 1 amide bonds. The Balaban J connectivity index is 2.29. The molecule has 0 spiro atoms. The van der Waals surface area contributed by atoms with Crippen molar-refractivity contribution in [2.75, 3.05) is 5.32 Å². The molecule has 0 atom stereocenters. The van der Waals surface area contributed by atoms with Gasteiger partial charge in [-0.05, 0) is 25.5 Å². The molecule has 114 valence electrons. The molecule has 2 aromatic carbocycles. The molecule has 0 aliphatic heterocycles. The number of nitrogens with one attached hydrogen (secondary N) is 1. The van der Waals surface area contributed by atoms with Crippen molar-refractivity contribution in [2.45, 2.75) is 19.3 Å². The molecule has 0 heterocycles. The van der Waals surface area contributed by atoms with Crippen LogP contribution in [0.3, 0.4) is 0 Å². The summed E-state index contributed by atoms with van der Waals surface area (Å²) in [5.74, 6) is -1.17. The summed E-state index contributed by atoms with van der Waals surface area (Å²) in [5, 5.41) is 13.2. The smallest absolute Gasteiger partial charge is 0.271 e. The molecular weight excluding hydrogens is 287 g/mol. The zero-order valence-corrected chi connectivity index (χ0v) is 12.2. The van der Waals surface area contributed by atoms with Crippen LogP contribution in [0.5, 0.6) is 0 Å². The number of halogens is 1. The molecule has 0 saturated heterocycles. The van der Waals surface area contributed by atoms with Crippen LogP contribution in [0.4, 0.5) is 15.8 Å². The number of nitro benzene ring substituents is 1. The number of anilines is 1. The Bertz CT molecular complexity index is 715. The van der Waals surface area contributed by atoms with Crippen LogP contribution in [0.25, 0.3) is 0 Å². The van der Waals surface area contributed by atoms with Gasteiger partial charge in [-0.3, -0.25) is 14.9 Å². The van der Waals surface area contributed by atoms with Crippen LogP contribution in [0, 0.1) is 15.9 Å².